The molecule has 1 N–H and O–H groups in total. The summed E-state index contributed by atoms with van der Waals surface area (Å²) in [7, 11) is -4.20. The molecule has 1 rings (SSSR count). The van der Waals surface area contributed by atoms with Crippen molar-refractivity contribution in [2.75, 3.05) is 13.1 Å². The third-order valence-electron chi connectivity index (χ3n) is 3.18. The first-order valence-corrected chi connectivity index (χ1v) is 8.34. The summed E-state index contributed by atoms with van der Waals surface area (Å²) in [6.07, 6.45) is 0. The minimum Gasteiger partial charge on any atom is -0.297 e. The molecular weight excluding hydrogens is 298 g/mol. The summed E-state index contributed by atoms with van der Waals surface area (Å²) in [4.78, 5) is 1.16. The maximum absolute atomic E-state index is 13.5. The van der Waals surface area contributed by atoms with E-state index in [0.29, 0.717) is 6.54 Å². The van der Waals surface area contributed by atoms with Crippen LogP contribution in [0.25, 0.3) is 0 Å². The summed E-state index contributed by atoms with van der Waals surface area (Å²) in [6, 6.07) is 3.47. The number of benzene rings is 1. The Bertz CT molecular complexity index is 546. The highest BCUT2D eigenvalue weighted by atomic mass is 32.2. The molecule has 0 aliphatic carbocycles. The summed E-state index contributed by atoms with van der Waals surface area (Å²) in [6.45, 7) is 8.57. The Morgan fingerprint density at radius 2 is 1.57 bits per heavy atom. The second kappa shape index (κ2) is 7.29. The summed E-state index contributed by atoms with van der Waals surface area (Å²) in [5.41, 5.74) is 0. The maximum Gasteiger partial charge on any atom is 0.246 e. The number of rotatable bonds is 7. The quantitative estimate of drug-likeness (QED) is 0.839. The zero-order valence-corrected chi connectivity index (χ0v) is 13.5. The lowest BCUT2D eigenvalue weighted by Crippen LogP contribution is -2.42. The van der Waals surface area contributed by atoms with Gasteiger partial charge in [-0.05, 0) is 39.8 Å². The van der Waals surface area contributed by atoms with E-state index < -0.39 is 26.6 Å². The van der Waals surface area contributed by atoms with Crippen molar-refractivity contribution in [1.29, 1.82) is 0 Å². The van der Waals surface area contributed by atoms with Gasteiger partial charge in [-0.25, -0.2) is 21.9 Å². The molecule has 0 aromatic heterocycles. The SMILES string of the molecule is CC(C)N(CCNS(=O)(=O)c1c(F)cccc1F)C(C)C. The highest BCUT2D eigenvalue weighted by Crippen LogP contribution is 2.17. The van der Waals surface area contributed by atoms with Crippen molar-refractivity contribution in [1.82, 2.24) is 9.62 Å². The first-order valence-electron chi connectivity index (χ1n) is 6.86. The van der Waals surface area contributed by atoms with Crippen LogP contribution in [-0.4, -0.2) is 38.5 Å². The lowest BCUT2D eigenvalue weighted by atomic mass is 10.2. The molecule has 120 valence electrons. The molecule has 0 unspecified atom stereocenters. The van der Waals surface area contributed by atoms with Gasteiger partial charge >= 0.3 is 0 Å². The van der Waals surface area contributed by atoms with Crippen LogP contribution in [0.5, 0.6) is 0 Å². The Balaban J connectivity index is 2.79. The Hall–Kier alpha value is -1.05. The first kappa shape index (κ1) is 18.0. The topological polar surface area (TPSA) is 49.4 Å². The Morgan fingerprint density at radius 3 is 2.00 bits per heavy atom. The van der Waals surface area contributed by atoms with E-state index in [2.05, 4.69) is 9.62 Å². The molecule has 0 aliphatic heterocycles. The molecule has 0 aliphatic rings. The maximum atomic E-state index is 13.5. The van der Waals surface area contributed by atoms with E-state index in [-0.39, 0.29) is 18.6 Å². The highest BCUT2D eigenvalue weighted by molar-refractivity contribution is 7.89. The second-order valence-corrected chi connectivity index (χ2v) is 7.08. The lowest BCUT2D eigenvalue weighted by molar-refractivity contribution is 0.179. The molecule has 0 bridgehead atoms. The lowest BCUT2D eigenvalue weighted by Gasteiger charge is -2.30. The van der Waals surface area contributed by atoms with Crippen molar-refractivity contribution < 1.29 is 17.2 Å². The third kappa shape index (κ3) is 4.72. The Labute approximate surface area is 125 Å². The first-order chi connectivity index (χ1) is 9.66. The van der Waals surface area contributed by atoms with Gasteiger partial charge in [0.25, 0.3) is 0 Å². The fraction of sp³-hybridized carbons (Fsp3) is 0.571. The van der Waals surface area contributed by atoms with E-state index in [1.807, 2.05) is 27.7 Å². The predicted molar refractivity (Wildman–Crippen MR) is 78.5 cm³/mol. The number of nitrogens with one attached hydrogen (secondary N) is 1. The van der Waals surface area contributed by atoms with Crippen molar-refractivity contribution in [3.05, 3.63) is 29.8 Å². The van der Waals surface area contributed by atoms with Gasteiger partial charge < -0.3 is 0 Å². The van der Waals surface area contributed by atoms with Gasteiger partial charge in [-0.2, -0.15) is 0 Å². The molecule has 0 heterocycles. The number of halogens is 2. The van der Waals surface area contributed by atoms with Crippen LogP contribution in [0.4, 0.5) is 8.78 Å². The van der Waals surface area contributed by atoms with Crippen LogP contribution in [0, 0.1) is 11.6 Å². The molecule has 0 spiro atoms. The van der Waals surface area contributed by atoms with Gasteiger partial charge in [0.2, 0.25) is 10.0 Å². The van der Waals surface area contributed by atoms with Crippen molar-refractivity contribution in [3.8, 4) is 0 Å². The summed E-state index contributed by atoms with van der Waals surface area (Å²) in [5, 5.41) is 0. The average molecular weight is 320 g/mol. The van der Waals surface area contributed by atoms with Gasteiger partial charge in [-0.3, -0.25) is 4.90 Å². The third-order valence-corrected chi connectivity index (χ3v) is 4.69. The van der Waals surface area contributed by atoms with Crippen molar-refractivity contribution >= 4 is 10.0 Å². The molecule has 0 radical (unpaired) electrons. The van der Waals surface area contributed by atoms with Crippen LogP contribution < -0.4 is 4.72 Å². The van der Waals surface area contributed by atoms with Crippen LogP contribution >= 0.6 is 0 Å². The summed E-state index contributed by atoms with van der Waals surface area (Å²) >= 11 is 0. The van der Waals surface area contributed by atoms with Crippen LogP contribution in [0.15, 0.2) is 23.1 Å². The van der Waals surface area contributed by atoms with E-state index in [4.69, 9.17) is 0 Å². The van der Waals surface area contributed by atoms with Crippen LogP contribution in [0.1, 0.15) is 27.7 Å². The predicted octanol–water partition coefficient (Wildman–Crippen LogP) is 2.36. The van der Waals surface area contributed by atoms with Gasteiger partial charge in [0.05, 0.1) is 0 Å². The fourth-order valence-electron chi connectivity index (χ4n) is 2.23. The van der Waals surface area contributed by atoms with Crippen molar-refractivity contribution in [2.24, 2.45) is 0 Å². The number of sulfonamides is 1. The normalized spacial score (nSPS) is 12.6. The van der Waals surface area contributed by atoms with E-state index in [9.17, 15) is 17.2 Å². The van der Waals surface area contributed by atoms with Crippen molar-refractivity contribution in [3.63, 3.8) is 0 Å². The number of nitrogens with zero attached hydrogens (tertiary/aromatic N) is 1. The molecule has 0 saturated carbocycles. The Kier molecular flexibility index (Phi) is 6.24. The van der Waals surface area contributed by atoms with Gasteiger partial charge in [-0.15, -0.1) is 0 Å². The zero-order valence-electron chi connectivity index (χ0n) is 12.7. The fourth-order valence-corrected chi connectivity index (χ4v) is 3.39. The standard InChI is InChI=1S/C14H22F2N2O2S/c1-10(2)18(11(3)4)9-8-17-21(19,20)14-12(15)6-5-7-13(14)16/h5-7,10-11,17H,8-9H2,1-4H3. The van der Waals surface area contributed by atoms with Gasteiger partial charge in [0, 0.05) is 25.2 Å². The molecule has 0 atom stereocenters. The minimum absolute atomic E-state index is 0.0897. The van der Waals surface area contributed by atoms with Crippen LogP contribution in [-0.2, 0) is 10.0 Å². The average Bonchev–Trinajstić information content (AvgIpc) is 2.33. The number of hydrogen-bond acceptors (Lipinski definition) is 3. The molecule has 21 heavy (non-hydrogen) atoms. The van der Waals surface area contributed by atoms with E-state index in [0.717, 1.165) is 18.2 Å². The van der Waals surface area contributed by atoms with Gasteiger partial charge in [-0.1, -0.05) is 6.07 Å². The highest BCUT2D eigenvalue weighted by Gasteiger charge is 2.23. The van der Waals surface area contributed by atoms with Crippen LogP contribution in [0.3, 0.4) is 0 Å². The molecule has 7 heteroatoms. The molecular formula is C14H22F2N2O2S. The van der Waals surface area contributed by atoms with E-state index >= 15 is 0 Å². The number of hydrogen-bond donors (Lipinski definition) is 1. The summed E-state index contributed by atoms with van der Waals surface area (Å²) < 4.78 is 53.3. The minimum atomic E-state index is -4.20. The molecule has 0 saturated heterocycles. The van der Waals surface area contributed by atoms with Gasteiger partial charge in [0.15, 0.2) is 4.90 Å². The molecule has 4 nitrogen and oxygen atoms in total. The van der Waals surface area contributed by atoms with Gasteiger partial charge in [0.1, 0.15) is 11.6 Å². The molecule has 1 aromatic carbocycles. The molecule has 0 amide bonds. The smallest absolute Gasteiger partial charge is 0.246 e. The van der Waals surface area contributed by atoms with E-state index in [1.165, 1.54) is 0 Å². The second-order valence-electron chi connectivity index (χ2n) is 5.37. The largest absolute Gasteiger partial charge is 0.297 e. The monoisotopic (exact) mass is 320 g/mol. The summed E-state index contributed by atoms with van der Waals surface area (Å²) in [5.74, 6) is -2.18. The Morgan fingerprint density at radius 1 is 1.10 bits per heavy atom. The van der Waals surface area contributed by atoms with Crippen molar-refractivity contribution in [2.45, 2.75) is 44.7 Å². The van der Waals surface area contributed by atoms with E-state index in [1.54, 1.807) is 0 Å². The van der Waals surface area contributed by atoms with Crippen LogP contribution in [0.2, 0.25) is 0 Å². The zero-order chi connectivity index (χ0) is 16.2. The molecule has 1 aromatic rings. The molecule has 0 fully saturated rings.